The van der Waals surface area contributed by atoms with Crippen molar-refractivity contribution in [2.45, 2.75) is 38.0 Å². The summed E-state index contributed by atoms with van der Waals surface area (Å²) >= 11 is 0. The Labute approximate surface area is 121 Å². The maximum absolute atomic E-state index is 11.5. The summed E-state index contributed by atoms with van der Waals surface area (Å²) in [6, 6.07) is 0.521. The molecule has 102 valence electrons. The van der Waals surface area contributed by atoms with Crippen molar-refractivity contribution < 1.29 is 8.42 Å². The average molecular weight is 375 g/mol. The van der Waals surface area contributed by atoms with Crippen molar-refractivity contribution in [3.63, 3.8) is 0 Å². The zero-order chi connectivity index (χ0) is 12.2. The molecule has 0 atom stereocenters. The first-order valence-corrected chi connectivity index (χ1v) is 7.36. The van der Waals surface area contributed by atoms with E-state index in [9.17, 15) is 8.42 Å². The molecule has 1 fully saturated rings. The van der Waals surface area contributed by atoms with Gasteiger partial charge in [0.25, 0.3) is 0 Å². The SMILES string of the molecule is CN=C(NCCS(=O)(=O)C(C)C)NC1CC1.I. The van der Waals surface area contributed by atoms with Crippen molar-refractivity contribution >= 4 is 39.8 Å². The van der Waals surface area contributed by atoms with Crippen LogP contribution >= 0.6 is 24.0 Å². The minimum absolute atomic E-state index is 0. The Balaban J connectivity index is 0.00000256. The highest BCUT2D eigenvalue weighted by atomic mass is 127. The number of guanidine groups is 1. The highest BCUT2D eigenvalue weighted by molar-refractivity contribution is 14.0. The summed E-state index contributed by atoms with van der Waals surface area (Å²) in [5.74, 6) is 0.845. The van der Waals surface area contributed by atoms with Crippen LogP contribution in [0, 0.1) is 0 Å². The van der Waals surface area contributed by atoms with E-state index in [1.54, 1.807) is 20.9 Å². The van der Waals surface area contributed by atoms with Gasteiger partial charge in [-0.1, -0.05) is 0 Å². The van der Waals surface area contributed by atoms with Crippen molar-refractivity contribution in [1.29, 1.82) is 0 Å². The second kappa shape index (κ2) is 7.40. The minimum Gasteiger partial charge on any atom is -0.355 e. The van der Waals surface area contributed by atoms with Crippen LogP contribution in [0.4, 0.5) is 0 Å². The first-order valence-electron chi connectivity index (χ1n) is 5.64. The van der Waals surface area contributed by atoms with Gasteiger partial charge in [-0.25, -0.2) is 8.42 Å². The predicted molar refractivity (Wildman–Crippen MR) is 81.9 cm³/mol. The highest BCUT2D eigenvalue weighted by Gasteiger charge is 2.22. The summed E-state index contributed by atoms with van der Waals surface area (Å²) in [6.45, 7) is 3.81. The standard InChI is InChI=1S/C10H21N3O2S.HI/c1-8(2)16(14,15)7-6-12-10(11-3)13-9-4-5-9;/h8-9H,4-7H2,1-3H3,(H2,11,12,13);1H. The molecule has 0 heterocycles. The Hall–Kier alpha value is -0.0500. The summed E-state index contributed by atoms with van der Waals surface area (Å²) in [4.78, 5) is 4.03. The van der Waals surface area contributed by atoms with Crippen LogP contribution in [-0.2, 0) is 9.84 Å². The molecule has 0 amide bonds. The van der Waals surface area contributed by atoms with Crippen LogP contribution in [0.5, 0.6) is 0 Å². The third-order valence-corrected chi connectivity index (χ3v) is 4.75. The molecule has 0 unspecified atom stereocenters. The fraction of sp³-hybridized carbons (Fsp3) is 0.900. The van der Waals surface area contributed by atoms with E-state index >= 15 is 0 Å². The maximum atomic E-state index is 11.5. The Morgan fingerprint density at radius 2 is 2.00 bits per heavy atom. The summed E-state index contributed by atoms with van der Waals surface area (Å²) in [5.41, 5.74) is 0. The van der Waals surface area contributed by atoms with Gasteiger partial charge >= 0.3 is 0 Å². The lowest BCUT2D eigenvalue weighted by Crippen LogP contribution is -2.41. The molecule has 1 aliphatic rings. The van der Waals surface area contributed by atoms with Gasteiger partial charge in [0, 0.05) is 19.6 Å². The van der Waals surface area contributed by atoms with Crippen LogP contribution in [0.3, 0.4) is 0 Å². The molecule has 0 aromatic heterocycles. The lowest BCUT2D eigenvalue weighted by atomic mass is 10.6. The van der Waals surface area contributed by atoms with Gasteiger partial charge in [-0.3, -0.25) is 4.99 Å². The summed E-state index contributed by atoms with van der Waals surface area (Å²) < 4.78 is 23.1. The molecule has 0 saturated heterocycles. The van der Waals surface area contributed by atoms with Gasteiger partial charge in [0.1, 0.15) is 0 Å². The topological polar surface area (TPSA) is 70.6 Å². The van der Waals surface area contributed by atoms with Gasteiger partial charge < -0.3 is 10.6 Å². The third kappa shape index (κ3) is 6.44. The van der Waals surface area contributed by atoms with Gasteiger partial charge in [0.2, 0.25) is 0 Å². The second-order valence-corrected chi connectivity index (χ2v) is 7.01. The number of nitrogens with one attached hydrogen (secondary N) is 2. The summed E-state index contributed by atoms with van der Waals surface area (Å²) in [6.07, 6.45) is 2.34. The summed E-state index contributed by atoms with van der Waals surface area (Å²) in [5, 5.41) is 5.90. The van der Waals surface area contributed by atoms with Crippen molar-refractivity contribution in [3.8, 4) is 0 Å². The quantitative estimate of drug-likeness (QED) is 0.423. The summed E-state index contributed by atoms with van der Waals surface area (Å²) in [7, 11) is -1.27. The third-order valence-electron chi connectivity index (χ3n) is 2.54. The molecule has 1 rings (SSSR count). The molecule has 1 aliphatic carbocycles. The van der Waals surface area contributed by atoms with E-state index in [0.29, 0.717) is 18.5 Å². The van der Waals surface area contributed by atoms with Crippen LogP contribution in [0.25, 0.3) is 0 Å². The van der Waals surface area contributed by atoms with Crippen LogP contribution in [0.2, 0.25) is 0 Å². The van der Waals surface area contributed by atoms with Gasteiger partial charge in [0.15, 0.2) is 15.8 Å². The number of sulfone groups is 1. The molecular weight excluding hydrogens is 353 g/mol. The van der Waals surface area contributed by atoms with Gasteiger partial charge in [0.05, 0.1) is 11.0 Å². The van der Waals surface area contributed by atoms with E-state index in [-0.39, 0.29) is 35.0 Å². The second-order valence-electron chi connectivity index (χ2n) is 4.33. The van der Waals surface area contributed by atoms with Crippen LogP contribution < -0.4 is 10.6 Å². The Morgan fingerprint density at radius 3 is 2.41 bits per heavy atom. The normalized spacial score (nSPS) is 16.6. The molecule has 0 spiro atoms. The van der Waals surface area contributed by atoms with E-state index in [2.05, 4.69) is 15.6 Å². The van der Waals surface area contributed by atoms with Crippen molar-refractivity contribution in [2.75, 3.05) is 19.3 Å². The fourth-order valence-electron chi connectivity index (χ4n) is 1.16. The van der Waals surface area contributed by atoms with Crippen LogP contribution in [-0.4, -0.2) is 45.0 Å². The number of nitrogens with zero attached hydrogens (tertiary/aromatic N) is 1. The molecule has 0 radical (unpaired) electrons. The molecule has 1 saturated carbocycles. The number of hydrogen-bond donors (Lipinski definition) is 2. The number of aliphatic imine (C=N–C) groups is 1. The van der Waals surface area contributed by atoms with E-state index in [1.807, 2.05) is 0 Å². The van der Waals surface area contributed by atoms with Gasteiger partial charge in [-0.15, -0.1) is 24.0 Å². The first-order chi connectivity index (χ1) is 7.45. The van der Waals surface area contributed by atoms with Crippen LogP contribution in [0.1, 0.15) is 26.7 Å². The van der Waals surface area contributed by atoms with E-state index < -0.39 is 9.84 Å². The maximum Gasteiger partial charge on any atom is 0.191 e. The predicted octanol–water partition coefficient (Wildman–Crippen LogP) is 0.755. The van der Waals surface area contributed by atoms with Crippen molar-refractivity contribution in [3.05, 3.63) is 0 Å². The Bertz CT molecular complexity index is 351. The molecule has 2 N–H and O–H groups in total. The zero-order valence-electron chi connectivity index (χ0n) is 10.6. The van der Waals surface area contributed by atoms with Crippen molar-refractivity contribution in [2.24, 2.45) is 4.99 Å². The van der Waals surface area contributed by atoms with E-state index in [1.165, 1.54) is 12.8 Å². The molecule has 17 heavy (non-hydrogen) atoms. The molecule has 0 aliphatic heterocycles. The molecular formula is C10H22IN3O2S. The smallest absolute Gasteiger partial charge is 0.191 e. The number of rotatable bonds is 5. The monoisotopic (exact) mass is 375 g/mol. The van der Waals surface area contributed by atoms with E-state index in [4.69, 9.17) is 0 Å². The van der Waals surface area contributed by atoms with Gasteiger partial charge in [-0.05, 0) is 26.7 Å². The lowest BCUT2D eigenvalue weighted by Gasteiger charge is -2.12. The molecule has 7 heteroatoms. The highest BCUT2D eigenvalue weighted by Crippen LogP contribution is 2.18. The molecule has 0 bridgehead atoms. The average Bonchev–Trinajstić information content (AvgIpc) is 2.99. The van der Waals surface area contributed by atoms with Crippen molar-refractivity contribution in [1.82, 2.24) is 10.6 Å². The van der Waals surface area contributed by atoms with Gasteiger partial charge in [-0.2, -0.15) is 0 Å². The molecule has 5 nitrogen and oxygen atoms in total. The zero-order valence-corrected chi connectivity index (χ0v) is 13.7. The first kappa shape index (κ1) is 16.9. The number of halogens is 1. The number of hydrogen-bond acceptors (Lipinski definition) is 3. The fourth-order valence-corrected chi connectivity index (χ4v) is 2.02. The minimum atomic E-state index is -2.96. The molecule has 0 aromatic rings. The van der Waals surface area contributed by atoms with E-state index in [0.717, 1.165) is 0 Å². The lowest BCUT2D eigenvalue weighted by molar-refractivity contribution is 0.586. The Morgan fingerprint density at radius 1 is 1.41 bits per heavy atom. The Kier molecular flexibility index (Phi) is 7.38. The molecule has 0 aromatic carbocycles. The van der Waals surface area contributed by atoms with Crippen LogP contribution in [0.15, 0.2) is 4.99 Å². The largest absolute Gasteiger partial charge is 0.355 e.